The van der Waals surface area contributed by atoms with Gasteiger partial charge in [0.2, 0.25) is 0 Å². The Morgan fingerprint density at radius 3 is 1.94 bits per heavy atom. The number of ether oxygens (including phenoxy) is 2. The third-order valence-corrected chi connectivity index (χ3v) is 2.11. The van der Waals surface area contributed by atoms with Crippen LogP contribution in [-0.4, -0.2) is 11.9 Å². The lowest BCUT2D eigenvalue weighted by Gasteiger charge is -2.29. The molecule has 4 nitrogen and oxygen atoms in total. The first-order valence-electron chi connectivity index (χ1n) is 5.18. The Bertz CT molecular complexity index is 448. The van der Waals surface area contributed by atoms with Crippen molar-refractivity contribution in [2.75, 3.05) is 0 Å². The summed E-state index contributed by atoms with van der Waals surface area (Å²) in [4.78, 5) is 22.2. The van der Waals surface area contributed by atoms with Gasteiger partial charge in [0.1, 0.15) is 5.82 Å². The van der Waals surface area contributed by atoms with Crippen LogP contribution in [0.15, 0.2) is 36.9 Å². The largest absolute Gasteiger partial charge is 0.414 e. The number of halogens is 1. The van der Waals surface area contributed by atoms with Gasteiger partial charge in [-0.15, -0.1) is 0 Å². The number of benzene rings is 1. The molecule has 0 saturated carbocycles. The molecule has 0 bridgehead atoms. The molecule has 0 aliphatic rings. The van der Waals surface area contributed by atoms with Crippen LogP contribution in [0.1, 0.15) is 19.4 Å². The zero-order valence-electron chi connectivity index (χ0n) is 10.1. The van der Waals surface area contributed by atoms with Crippen LogP contribution in [0.2, 0.25) is 0 Å². The topological polar surface area (TPSA) is 52.6 Å². The van der Waals surface area contributed by atoms with E-state index < -0.39 is 23.5 Å². The van der Waals surface area contributed by atoms with Crippen LogP contribution in [0.25, 0.3) is 0 Å². The van der Waals surface area contributed by atoms with Crippen LogP contribution in [0.5, 0.6) is 0 Å². The lowest BCUT2D eigenvalue weighted by molar-refractivity contribution is -0.213. The molecule has 0 N–H and O–H groups in total. The molecule has 0 unspecified atom stereocenters. The van der Waals surface area contributed by atoms with E-state index >= 15 is 0 Å². The molecule has 1 aromatic carbocycles. The van der Waals surface area contributed by atoms with Crippen LogP contribution in [0.3, 0.4) is 0 Å². The lowest BCUT2D eigenvalue weighted by Crippen LogP contribution is -2.34. The zero-order chi connectivity index (χ0) is 13.8. The molecule has 0 atom stereocenters. The monoisotopic (exact) mass is 252 g/mol. The molecule has 5 heteroatoms. The third kappa shape index (κ3) is 3.16. The van der Waals surface area contributed by atoms with Gasteiger partial charge in [-0.2, -0.15) is 0 Å². The van der Waals surface area contributed by atoms with E-state index in [1.807, 2.05) is 0 Å². The summed E-state index contributed by atoms with van der Waals surface area (Å²) in [5, 5.41) is 0. The molecule has 0 aromatic heterocycles. The first-order chi connectivity index (χ1) is 8.39. The van der Waals surface area contributed by atoms with Gasteiger partial charge < -0.3 is 9.47 Å². The molecular formula is C13H13FO4. The Labute approximate surface area is 104 Å². The fraction of sp³-hybridized carbons (Fsp3) is 0.231. The smallest absolute Gasteiger partial charge is 0.306 e. The first-order valence-corrected chi connectivity index (χ1v) is 5.18. The van der Waals surface area contributed by atoms with Crippen molar-refractivity contribution >= 4 is 11.9 Å². The van der Waals surface area contributed by atoms with Crippen LogP contribution in [-0.2, 0) is 24.8 Å². The average molecular weight is 252 g/mol. The normalized spacial score (nSPS) is 10.6. The highest BCUT2D eigenvalue weighted by Crippen LogP contribution is 2.29. The van der Waals surface area contributed by atoms with Crippen LogP contribution in [0.4, 0.5) is 4.39 Å². The van der Waals surface area contributed by atoms with Gasteiger partial charge in [0.25, 0.3) is 0 Å². The molecule has 1 rings (SSSR count). The summed E-state index contributed by atoms with van der Waals surface area (Å²) >= 11 is 0. The SMILES string of the molecule is C=CC(OC(C)=O)(OC(C)=O)c1ccc(F)cc1. The van der Waals surface area contributed by atoms with Gasteiger partial charge in [-0.3, -0.25) is 9.59 Å². The van der Waals surface area contributed by atoms with E-state index in [9.17, 15) is 14.0 Å². The van der Waals surface area contributed by atoms with Gasteiger partial charge in [-0.25, -0.2) is 4.39 Å². The van der Waals surface area contributed by atoms with E-state index in [1.54, 1.807) is 0 Å². The summed E-state index contributed by atoms with van der Waals surface area (Å²) in [5.41, 5.74) is 0.296. The van der Waals surface area contributed by atoms with Gasteiger partial charge >= 0.3 is 17.7 Å². The Kier molecular flexibility index (Phi) is 4.20. The van der Waals surface area contributed by atoms with Crippen molar-refractivity contribution in [1.82, 2.24) is 0 Å². The number of carbonyl (C=O) groups excluding carboxylic acids is 2. The Morgan fingerprint density at radius 2 is 1.61 bits per heavy atom. The highest BCUT2D eigenvalue weighted by molar-refractivity contribution is 5.69. The van der Waals surface area contributed by atoms with E-state index in [-0.39, 0.29) is 0 Å². The van der Waals surface area contributed by atoms with Crippen LogP contribution >= 0.6 is 0 Å². The minimum absolute atomic E-state index is 0.296. The predicted molar refractivity (Wildman–Crippen MR) is 61.8 cm³/mol. The fourth-order valence-corrected chi connectivity index (χ4v) is 1.45. The van der Waals surface area contributed by atoms with E-state index in [0.717, 1.165) is 0 Å². The zero-order valence-corrected chi connectivity index (χ0v) is 10.1. The van der Waals surface area contributed by atoms with Crippen molar-refractivity contribution in [3.05, 3.63) is 48.3 Å². The molecular weight excluding hydrogens is 239 g/mol. The number of carbonyl (C=O) groups is 2. The summed E-state index contributed by atoms with van der Waals surface area (Å²) in [6.07, 6.45) is 1.17. The van der Waals surface area contributed by atoms with Gasteiger partial charge in [0.05, 0.1) is 0 Å². The molecule has 0 heterocycles. The quantitative estimate of drug-likeness (QED) is 0.468. The van der Waals surface area contributed by atoms with Crippen molar-refractivity contribution in [2.24, 2.45) is 0 Å². The molecule has 1 aromatic rings. The van der Waals surface area contributed by atoms with E-state index in [1.165, 1.54) is 44.2 Å². The van der Waals surface area contributed by atoms with Crippen molar-refractivity contribution in [3.8, 4) is 0 Å². The minimum Gasteiger partial charge on any atom is -0.414 e. The summed E-state index contributed by atoms with van der Waals surface area (Å²) in [7, 11) is 0. The molecule has 0 amide bonds. The summed E-state index contributed by atoms with van der Waals surface area (Å²) in [6, 6.07) is 5.03. The predicted octanol–water partition coefficient (Wildman–Crippen LogP) is 2.29. The summed E-state index contributed by atoms with van der Waals surface area (Å²) in [5.74, 6) is -3.49. The number of hydrogen-bond donors (Lipinski definition) is 0. The second kappa shape index (κ2) is 5.44. The van der Waals surface area contributed by atoms with Crippen molar-refractivity contribution in [3.63, 3.8) is 0 Å². The molecule has 0 saturated heterocycles. The third-order valence-electron chi connectivity index (χ3n) is 2.11. The molecule has 0 aliphatic carbocycles. The standard InChI is InChI=1S/C13H13FO4/c1-4-13(17-9(2)15,18-10(3)16)11-5-7-12(14)8-6-11/h4-8H,1H2,2-3H3. The van der Waals surface area contributed by atoms with Crippen molar-refractivity contribution < 1.29 is 23.5 Å². The Morgan fingerprint density at radius 1 is 1.17 bits per heavy atom. The number of rotatable bonds is 4. The maximum atomic E-state index is 12.9. The Hall–Kier alpha value is -2.17. The lowest BCUT2D eigenvalue weighted by atomic mass is 10.1. The van der Waals surface area contributed by atoms with E-state index in [0.29, 0.717) is 5.56 Å². The first kappa shape index (κ1) is 13.9. The Balaban J connectivity index is 3.23. The number of esters is 2. The number of hydrogen-bond acceptors (Lipinski definition) is 4. The van der Waals surface area contributed by atoms with Crippen molar-refractivity contribution in [1.29, 1.82) is 0 Å². The maximum absolute atomic E-state index is 12.9. The molecule has 18 heavy (non-hydrogen) atoms. The van der Waals surface area contributed by atoms with Crippen LogP contribution < -0.4 is 0 Å². The van der Waals surface area contributed by atoms with Crippen LogP contribution in [0, 0.1) is 5.82 Å². The summed E-state index contributed by atoms with van der Waals surface area (Å²) in [6.45, 7) is 5.83. The molecule has 0 aliphatic heterocycles. The molecule has 0 spiro atoms. The molecule has 96 valence electrons. The maximum Gasteiger partial charge on any atom is 0.306 e. The van der Waals surface area contributed by atoms with Crippen molar-refractivity contribution in [2.45, 2.75) is 19.6 Å². The minimum atomic E-state index is -1.73. The molecule has 0 fully saturated rings. The molecule has 0 radical (unpaired) electrons. The van der Waals surface area contributed by atoms with Gasteiger partial charge in [0.15, 0.2) is 0 Å². The fourth-order valence-electron chi connectivity index (χ4n) is 1.45. The second-order valence-corrected chi connectivity index (χ2v) is 3.57. The highest BCUT2D eigenvalue weighted by Gasteiger charge is 2.36. The van der Waals surface area contributed by atoms with Gasteiger partial charge in [-0.1, -0.05) is 6.58 Å². The van der Waals surface area contributed by atoms with Gasteiger partial charge in [0, 0.05) is 19.4 Å². The highest BCUT2D eigenvalue weighted by atomic mass is 19.1. The average Bonchev–Trinajstić information content (AvgIpc) is 2.27. The van der Waals surface area contributed by atoms with Gasteiger partial charge in [-0.05, 0) is 30.3 Å². The summed E-state index contributed by atoms with van der Waals surface area (Å²) < 4.78 is 22.9. The second-order valence-electron chi connectivity index (χ2n) is 3.57. The van der Waals surface area contributed by atoms with E-state index in [4.69, 9.17) is 9.47 Å². The van der Waals surface area contributed by atoms with E-state index in [2.05, 4.69) is 6.58 Å².